The minimum Gasteiger partial charge on any atom is -0.327 e. The number of nitrogens with two attached hydrogens (primary N) is 1. The van der Waals surface area contributed by atoms with Gasteiger partial charge in [0.05, 0.1) is 10.7 Å². The van der Waals surface area contributed by atoms with Crippen LogP contribution < -0.4 is 5.73 Å². The maximum Gasteiger partial charge on any atom is 0.0959 e. The monoisotopic (exact) mass is 180 g/mol. The summed E-state index contributed by atoms with van der Waals surface area (Å²) in [4.78, 5) is 4.62. The molecular weight excluding hydrogens is 168 g/mol. The van der Waals surface area contributed by atoms with Gasteiger partial charge in [0, 0.05) is 23.3 Å². The van der Waals surface area contributed by atoms with Crippen molar-refractivity contribution < 1.29 is 0 Å². The second-order valence-electron chi connectivity index (χ2n) is 3.89. The van der Waals surface area contributed by atoms with Crippen LogP contribution in [0.25, 0.3) is 0 Å². The summed E-state index contributed by atoms with van der Waals surface area (Å²) in [5, 5.41) is 3.55. The summed E-state index contributed by atoms with van der Waals surface area (Å²) in [6.07, 6.45) is 3.85. The van der Waals surface area contributed by atoms with E-state index in [1.165, 1.54) is 23.5 Å². The fourth-order valence-corrected chi connectivity index (χ4v) is 2.60. The van der Waals surface area contributed by atoms with Gasteiger partial charge in [0.25, 0.3) is 0 Å². The van der Waals surface area contributed by atoms with Crippen LogP contribution in [0.2, 0.25) is 0 Å². The number of aromatic nitrogens is 1. The Kier molecular flexibility index (Phi) is 1.35. The van der Waals surface area contributed by atoms with Crippen LogP contribution in [-0.2, 0) is 0 Å². The summed E-state index contributed by atoms with van der Waals surface area (Å²) >= 11 is 1.82. The average molecular weight is 180 g/mol. The van der Waals surface area contributed by atoms with E-state index in [1.54, 1.807) is 0 Å². The Bertz CT molecular complexity index is 303. The third kappa shape index (κ3) is 1.08. The van der Waals surface area contributed by atoms with Gasteiger partial charge in [0.1, 0.15) is 0 Å². The Morgan fingerprint density at radius 1 is 1.50 bits per heavy atom. The number of hydrogen-bond donors (Lipinski definition) is 1. The molecule has 0 amide bonds. The molecule has 1 aromatic heterocycles. The van der Waals surface area contributed by atoms with Crippen LogP contribution in [0.1, 0.15) is 41.8 Å². The zero-order chi connectivity index (χ0) is 8.13. The Morgan fingerprint density at radius 2 is 2.25 bits per heavy atom. The van der Waals surface area contributed by atoms with E-state index < -0.39 is 0 Å². The van der Waals surface area contributed by atoms with Crippen LogP contribution >= 0.6 is 11.3 Å². The Hall–Kier alpha value is -0.410. The lowest BCUT2D eigenvalue weighted by molar-refractivity contribution is 0.935. The van der Waals surface area contributed by atoms with E-state index >= 15 is 0 Å². The molecule has 64 valence electrons. The largest absolute Gasteiger partial charge is 0.327 e. The number of thiazole rings is 1. The molecule has 2 atom stereocenters. The summed E-state index contributed by atoms with van der Waals surface area (Å²) in [6.45, 7) is 0. The molecule has 1 aromatic rings. The smallest absolute Gasteiger partial charge is 0.0959 e. The molecule has 0 bridgehead atoms. The lowest BCUT2D eigenvalue weighted by atomic mass is 10.3. The first kappa shape index (κ1) is 7.04. The second kappa shape index (κ2) is 2.30. The Balaban J connectivity index is 1.83. The molecule has 2 nitrogen and oxygen atoms in total. The molecule has 0 spiro atoms. The van der Waals surface area contributed by atoms with Crippen molar-refractivity contribution in [3.8, 4) is 0 Å². The van der Waals surface area contributed by atoms with Crippen molar-refractivity contribution in [2.24, 2.45) is 5.73 Å². The molecule has 0 aliphatic heterocycles. The van der Waals surface area contributed by atoms with Gasteiger partial charge in [-0.05, 0) is 19.3 Å². The van der Waals surface area contributed by atoms with Gasteiger partial charge in [-0.15, -0.1) is 11.3 Å². The molecule has 0 radical (unpaired) electrons. The highest BCUT2D eigenvalue weighted by Crippen LogP contribution is 2.45. The van der Waals surface area contributed by atoms with E-state index in [0.29, 0.717) is 12.0 Å². The normalized spacial score (nSPS) is 33.8. The quantitative estimate of drug-likeness (QED) is 0.754. The third-order valence-corrected chi connectivity index (χ3v) is 3.71. The molecule has 2 aliphatic rings. The average Bonchev–Trinajstić information content (AvgIpc) is 2.96. The summed E-state index contributed by atoms with van der Waals surface area (Å²) in [7, 11) is 0. The van der Waals surface area contributed by atoms with Crippen LogP contribution in [0.3, 0.4) is 0 Å². The number of rotatable bonds is 2. The molecule has 0 aromatic carbocycles. The van der Waals surface area contributed by atoms with E-state index in [-0.39, 0.29) is 0 Å². The minimum absolute atomic E-state index is 0.402. The van der Waals surface area contributed by atoms with Crippen LogP contribution in [0.15, 0.2) is 5.38 Å². The van der Waals surface area contributed by atoms with Gasteiger partial charge in [-0.2, -0.15) is 0 Å². The van der Waals surface area contributed by atoms with Crippen LogP contribution in [0.4, 0.5) is 0 Å². The van der Waals surface area contributed by atoms with E-state index in [4.69, 9.17) is 5.73 Å². The number of nitrogens with zero attached hydrogens (tertiary/aromatic N) is 1. The molecule has 1 heterocycles. The summed E-state index contributed by atoms with van der Waals surface area (Å²) in [5.74, 6) is 1.40. The molecule has 12 heavy (non-hydrogen) atoms. The SMILES string of the molecule is N[C@@H]1C[C@H]1c1csc(C2CC2)n1. The van der Waals surface area contributed by atoms with E-state index in [2.05, 4.69) is 10.4 Å². The minimum atomic E-state index is 0.402. The summed E-state index contributed by atoms with van der Waals surface area (Å²) in [5.41, 5.74) is 7.02. The van der Waals surface area contributed by atoms with Crippen molar-refractivity contribution in [1.82, 2.24) is 4.98 Å². The molecule has 2 N–H and O–H groups in total. The molecule has 2 aliphatic carbocycles. The van der Waals surface area contributed by atoms with Crippen molar-refractivity contribution >= 4 is 11.3 Å². The fraction of sp³-hybridized carbons (Fsp3) is 0.667. The molecule has 2 fully saturated rings. The van der Waals surface area contributed by atoms with E-state index in [0.717, 1.165) is 12.3 Å². The standard InChI is InChI=1S/C9H12N2S/c10-7-3-6(7)8-4-12-9(11-8)5-1-2-5/h4-7H,1-3,10H2/t6-,7-/m1/s1. The first-order chi connectivity index (χ1) is 5.84. The highest BCUT2D eigenvalue weighted by Gasteiger charge is 2.37. The van der Waals surface area contributed by atoms with E-state index in [1.807, 2.05) is 11.3 Å². The third-order valence-electron chi connectivity index (χ3n) is 2.69. The maximum atomic E-state index is 5.76. The van der Waals surface area contributed by atoms with Gasteiger partial charge in [-0.1, -0.05) is 0 Å². The highest BCUT2D eigenvalue weighted by atomic mass is 32.1. The molecule has 0 unspecified atom stereocenters. The zero-order valence-corrected chi connectivity index (χ0v) is 7.68. The van der Waals surface area contributed by atoms with Crippen molar-refractivity contribution in [3.63, 3.8) is 0 Å². The zero-order valence-electron chi connectivity index (χ0n) is 6.86. The van der Waals surface area contributed by atoms with Crippen molar-refractivity contribution in [2.75, 3.05) is 0 Å². The first-order valence-corrected chi connectivity index (χ1v) is 5.43. The van der Waals surface area contributed by atoms with Gasteiger partial charge in [-0.25, -0.2) is 4.98 Å². The van der Waals surface area contributed by atoms with Gasteiger partial charge in [0.15, 0.2) is 0 Å². The summed E-state index contributed by atoms with van der Waals surface area (Å²) < 4.78 is 0. The molecule has 0 saturated heterocycles. The molecular formula is C9H12N2S. The lowest BCUT2D eigenvalue weighted by Crippen LogP contribution is -2.01. The Morgan fingerprint density at radius 3 is 2.83 bits per heavy atom. The van der Waals surface area contributed by atoms with Gasteiger partial charge < -0.3 is 5.73 Å². The molecule has 2 saturated carbocycles. The number of hydrogen-bond acceptors (Lipinski definition) is 3. The molecule has 3 heteroatoms. The predicted octanol–water partition coefficient (Wildman–Crippen LogP) is 1.84. The van der Waals surface area contributed by atoms with E-state index in [9.17, 15) is 0 Å². The van der Waals surface area contributed by atoms with Crippen LogP contribution in [0.5, 0.6) is 0 Å². The Labute approximate surface area is 75.8 Å². The lowest BCUT2D eigenvalue weighted by Gasteiger charge is -1.88. The van der Waals surface area contributed by atoms with Crippen molar-refractivity contribution in [3.05, 3.63) is 16.1 Å². The van der Waals surface area contributed by atoms with Gasteiger partial charge >= 0.3 is 0 Å². The van der Waals surface area contributed by atoms with Crippen LogP contribution in [-0.4, -0.2) is 11.0 Å². The topological polar surface area (TPSA) is 38.9 Å². The predicted molar refractivity (Wildman–Crippen MR) is 49.4 cm³/mol. The van der Waals surface area contributed by atoms with Crippen LogP contribution in [0, 0.1) is 0 Å². The highest BCUT2D eigenvalue weighted by molar-refractivity contribution is 7.09. The van der Waals surface area contributed by atoms with Gasteiger partial charge in [-0.3, -0.25) is 0 Å². The first-order valence-electron chi connectivity index (χ1n) is 4.55. The fourth-order valence-electron chi connectivity index (χ4n) is 1.54. The van der Waals surface area contributed by atoms with Crippen molar-refractivity contribution in [2.45, 2.75) is 37.1 Å². The maximum absolute atomic E-state index is 5.76. The summed E-state index contributed by atoms with van der Waals surface area (Å²) in [6, 6.07) is 0.402. The van der Waals surface area contributed by atoms with Gasteiger partial charge in [0.2, 0.25) is 0 Å². The van der Waals surface area contributed by atoms with Crippen molar-refractivity contribution in [1.29, 1.82) is 0 Å². The second-order valence-corrected chi connectivity index (χ2v) is 4.78. The molecule has 3 rings (SSSR count).